The number of aliphatic hydroxyl groups excluding tert-OH is 1. The fourth-order valence-electron chi connectivity index (χ4n) is 4.07. The Bertz CT molecular complexity index is 782. The highest BCUT2D eigenvalue weighted by Crippen LogP contribution is 2.41. The maximum Gasteiger partial charge on any atom is 0.334 e. The van der Waals surface area contributed by atoms with Gasteiger partial charge < -0.3 is 24.4 Å². The molecular weight excluding hydrogens is 420 g/mol. The van der Waals surface area contributed by atoms with Crippen LogP contribution in [0.1, 0.15) is 54.4 Å². The fraction of sp³-hybridized carbons (Fsp3) is 0.739. The Morgan fingerprint density at radius 2 is 1.66 bits per heavy atom. The van der Waals surface area contributed by atoms with Crippen LogP contribution in [0.2, 0.25) is 0 Å². The number of carbonyl (C=O) groups is 4. The molecule has 180 valence electrons. The standard InChI is InChI=1S/C23H34O9/c1-10(2)20(26)30-17-15-13(6)22(28)31-18(15)19(32-21(27)11(3)4)23(7,29)9-14(24)8-12(5)16(17)25/h10-12,14-15,17-19,24,29H,6,8-9H2,1-5,7H3/t12?,14-,15?,17-,18+,19?,23-/m0/s1. The van der Waals surface area contributed by atoms with Gasteiger partial charge in [-0.25, -0.2) is 4.79 Å². The van der Waals surface area contributed by atoms with E-state index in [9.17, 15) is 29.4 Å². The van der Waals surface area contributed by atoms with Crippen molar-refractivity contribution in [1.29, 1.82) is 0 Å². The first-order chi connectivity index (χ1) is 14.7. The van der Waals surface area contributed by atoms with Crippen LogP contribution in [0.3, 0.4) is 0 Å². The van der Waals surface area contributed by atoms with Crippen molar-refractivity contribution in [2.75, 3.05) is 0 Å². The number of aliphatic hydroxyl groups is 2. The molecule has 0 spiro atoms. The number of fused-ring (bicyclic) bond motifs is 1. The van der Waals surface area contributed by atoms with Gasteiger partial charge in [-0.1, -0.05) is 41.2 Å². The summed E-state index contributed by atoms with van der Waals surface area (Å²) in [5.41, 5.74) is -1.93. The zero-order chi connectivity index (χ0) is 24.5. The van der Waals surface area contributed by atoms with Crippen LogP contribution >= 0.6 is 0 Å². The molecular formula is C23H34O9. The van der Waals surface area contributed by atoms with Crippen molar-refractivity contribution in [3.05, 3.63) is 12.2 Å². The van der Waals surface area contributed by atoms with Crippen LogP contribution in [0.4, 0.5) is 0 Å². The van der Waals surface area contributed by atoms with E-state index in [0.717, 1.165) is 0 Å². The van der Waals surface area contributed by atoms with E-state index in [0.29, 0.717) is 0 Å². The zero-order valence-electron chi connectivity index (χ0n) is 19.5. The largest absolute Gasteiger partial charge is 0.455 e. The van der Waals surface area contributed by atoms with Gasteiger partial charge in [-0.2, -0.15) is 0 Å². The molecule has 0 amide bonds. The van der Waals surface area contributed by atoms with E-state index in [4.69, 9.17) is 14.2 Å². The number of ether oxygens (including phenoxy) is 3. The lowest BCUT2D eigenvalue weighted by molar-refractivity contribution is -0.199. The van der Waals surface area contributed by atoms with Crippen molar-refractivity contribution >= 4 is 23.7 Å². The molecule has 32 heavy (non-hydrogen) atoms. The second kappa shape index (κ2) is 9.70. The fourth-order valence-corrected chi connectivity index (χ4v) is 4.07. The summed E-state index contributed by atoms with van der Waals surface area (Å²) in [6.07, 6.45) is -5.59. The second-order valence-electron chi connectivity index (χ2n) is 9.70. The highest BCUT2D eigenvalue weighted by atomic mass is 16.6. The maximum absolute atomic E-state index is 13.3. The van der Waals surface area contributed by atoms with Crippen LogP contribution < -0.4 is 0 Å². The van der Waals surface area contributed by atoms with E-state index in [2.05, 4.69) is 6.58 Å². The topological polar surface area (TPSA) is 136 Å². The number of hydrogen-bond donors (Lipinski definition) is 2. The minimum Gasteiger partial charge on any atom is -0.455 e. The summed E-state index contributed by atoms with van der Waals surface area (Å²) in [6.45, 7) is 13.1. The van der Waals surface area contributed by atoms with Crippen LogP contribution in [0, 0.1) is 23.7 Å². The number of hydrogen-bond acceptors (Lipinski definition) is 9. The molecule has 0 aromatic rings. The predicted octanol–water partition coefficient (Wildman–Crippen LogP) is 1.33. The second-order valence-corrected chi connectivity index (χ2v) is 9.70. The number of ketones is 1. The summed E-state index contributed by atoms with van der Waals surface area (Å²) in [5, 5.41) is 21.8. The van der Waals surface area contributed by atoms with Crippen molar-refractivity contribution < 1.29 is 43.6 Å². The van der Waals surface area contributed by atoms with Gasteiger partial charge in [0.25, 0.3) is 0 Å². The molecule has 1 saturated carbocycles. The lowest BCUT2D eigenvalue weighted by atomic mass is 9.75. The molecule has 0 aromatic heterocycles. The number of carbonyl (C=O) groups excluding carboxylic acids is 4. The molecule has 2 aliphatic rings. The normalized spacial score (nSPS) is 36.0. The molecule has 0 aromatic carbocycles. The molecule has 0 radical (unpaired) electrons. The van der Waals surface area contributed by atoms with Crippen LogP contribution in [-0.2, 0) is 33.4 Å². The Hall–Kier alpha value is -2.26. The summed E-state index contributed by atoms with van der Waals surface area (Å²) >= 11 is 0. The first-order valence-electron chi connectivity index (χ1n) is 10.9. The summed E-state index contributed by atoms with van der Waals surface area (Å²) in [5.74, 6) is -5.69. The summed E-state index contributed by atoms with van der Waals surface area (Å²) in [4.78, 5) is 50.6. The summed E-state index contributed by atoms with van der Waals surface area (Å²) in [7, 11) is 0. The van der Waals surface area contributed by atoms with Crippen molar-refractivity contribution in [3.63, 3.8) is 0 Å². The molecule has 9 nitrogen and oxygen atoms in total. The van der Waals surface area contributed by atoms with Gasteiger partial charge in [0, 0.05) is 17.9 Å². The van der Waals surface area contributed by atoms with Gasteiger partial charge in [-0.05, 0) is 13.3 Å². The summed E-state index contributed by atoms with van der Waals surface area (Å²) in [6, 6.07) is 0. The van der Waals surface area contributed by atoms with Crippen LogP contribution in [0.25, 0.3) is 0 Å². The predicted molar refractivity (Wildman–Crippen MR) is 112 cm³/mol. The van der Waals surface area contributed by atoms with Crippen molar-refractivity contribution in [2.45, 2.75) is 84.4 Å². The van der Waals surface area contributed by atoms with Crippen LogP contribution in [0.5, 0.6) is 0 Å². The quantitative estimate of drug-likeness (QED) is 0.366. The molecule has 7 atom stereocenters. The van der Waals surface area contributed by atoms with Crippen LogP contribution in [-0.4, -0.2) is 63.9 Å². The number of Topliss-reactive ketones (excluding diaryl/α,β-unsaturated/α-hetero) is 1. The Morgan fingerprint density at radius 1 is 1.12 bits per heavy atom. The van der Waals surface area contributed by atoms with E-state index < -0.39 is 77.4 Å². The molecule has 9 heteroatoms. The molecule has 1 heterocycles. The van der Waals surface area contributed by atoms with E-state index in [-0.39, 0.29) is 18.4 Å². The van der Waals surface area contributed by atoms with Gasteiger partial charge in [-0.3, -0.25) is 14.4 Å². The molecule has 0 bridgehead atoms. The molecule has 2 rings (SSSR count). The van der Waals surface area contributed by atoms with Crippen molar-refractivity contribution in [3.8, 4) is 0 Å². The zero-order valence-corrected chi connectivity index (χ0v) is 19.5. The lowest BCUT2D eigenvalue weighted by Crippen LogP contribution is -2.57. The third-order valence-corrected chi connectivity index (χ3v) is 5.97. The summed E-state index contributed by atoms with van der Waals surface area (Å²) < 4.78 is 16.5. The first-order valence-corrected chi connectivity index (χ1v) is 10.9. The number of rotatable bonds is 4. The third kappa shape index (κ3) is 5.38. The molecule has 2 fully saturated rings. The van der Waals surface area contributed by atoms with E-state index >= 15 is 0 Å². The Labute approximate surface area is 188 Å². The van der Waals surface area contributed by atoms with E-state index in [1.807, 2.05) is 0 Å². The van der Waals surface area contributed by atoms with Gasteiger partial charge in [0.05, 0.1) is 23.9 Å². The average Bonchev–Trinajstić information content (AvgIpc) is 2.95. The minimum atomic E-state index is -1.81. The van der Waals surface area contributed by atoms with Gasteiger partial charge in [-0.15, -0.1) is 0 Å². The SMILES string of the molecule is C=C1C(=O)O[C@@H]2C1[C@H](OC(=O)C(C)C)C(=O)C(C)C[C@H](O)C[C@](C)(O)C2OC(=O)C(C)C. The average molecular weight is 455 g/mol. The Kier molecular flexibility index (Phi) is 7.88. The molecule has 1 saturated heterocycles. The monoisotopic (exact) mass is 454 g/mol. The van der Waals surface area contributed by atoms with Crippen LogP contribution in [0.15, 0.2) is 12.2 Å². The van der Waals surface area contributed by atoms with Gasteiger partial charge >= 0.3 is 17.9 Å². The molecule has 1 aliphatic heterocycles. The first kappa shape index (κ1) is 26.0. The highest BCUT2D eigenvalue weighted by molar-refractivity contribution is 5.95. The van der Waals surface area contributed by atoms with Crippen molar-refractivity contribution in [1.82, 2.24) is 0 Å². The third-order valence-electron chi connectivity index (χ3n) is 5.97. The smallest absolute Gasteiger partial charge is 0.334 e. The molecule has 1 aliphatic carbocycles. The number of esters is 3. The Morgan fingerprint density at radius 3 is 2.19 bits per heavy atom. The molecule has 3 unspecified atom stereocenters. The minimum absolute atomic E-state index is 0.0196. The van der Waals surface area contributed by atoms with Crippen molar-refractivity contribution in [2.24, 2.45) is 23.7 Å². The van der Waals surface area contributed by atoms with E-state index in [1.165, 1.54) is 6.92 Å². The van der Waals surface area contributed by atoms with Gasteiger partial charge in [0.1, 0.15) is 5.60 Å². The lowest BCUT2D eigenvalue weighted by Gasteiger charge is -2.41. The van der Waals surface area contributed by atoms with Gasteiger partial charge in [0.2, 0.25) is 0 Å². The highest BCUT2D eigenvalue weighted by Gasteiger charge is 2.57. The van der Waals surface area contributed by atoms with E-state index in [1.54, 1.807) is 34.6 Å². The molecule has 2 N–H and O–H groups in total. The van der Waals surface area contributed by atoms with Gasteiger partial charge in [0.15, 0.2) is 24.1 Å². The maximum atomic E-state index is 13.3. The Balaban J connectivity index is 2.63.